The van der Waals surface area contributed by atoms with Crippen LogP contribution in [0.4, 0.5) is 5.69 Å². The highest BCUT2D eigenvalue weighted by Gasteiger charge is 2.22. The Kier molecular flexibility index (Phi) is 9.08. The topological polar surface area (TPSA) is 115 Å². The molecule has 1 aliphatic rings. The van der Waals surface area contributed by atoms with Crippen LogP contribution in [0.5, 0.6) is 11.5 Å². The molecule has 0 aromatic heterocycles. The number of amides is 3. The van der Waals surface area contributed by atoms with Gasteiger partial charge < -0.3 is 30.2 Å². The number of ether oxygens (including phenoxy) is 3. The Morgan fingerprint density at radius 3 is 2.24 bits per heavy atom. The summed E-state index contributed by atoms with van der Waals surface area (Å²) in [5, 5.41) is 8.22. The number of carbonyl (C=O) groups is 3. The van der Waals surface area contributed by atoms with Gasteiger partial charge in [0.15, 0.2) is 6.61 Å². The lowest BCUT2D eigenvalue weighted by Gasteiger charge is -2.11. The smallest absolute Gasteiger partial charge is 0.262 e. The average molecular weight is 456 g/mol. The summed E-state index contributed by atoms with van der Waals surface area (Å²) in [6.07, 6.45) is 1.24. The van der Waals surface area contributed by atoms with Gasteiger partial charge in [0.1, 0.15) is 17.6 Å². The first-order valence-corrected chi connectivity index (χ1v) is 11.0. The lowest BCUT2D eigenvalue weighted by Crippen LogP contribution is -2.39. The average Bonchev–Trinajstić information content (AvgIpc) is 3.37. The molecular weight excluding hydrogens is 426 g/mol. The predicted octanol–water partition coefficient (Wildman–Crippen LogP) is 2.13. The zero-order valence-corrected chi connectivity index (χ0v) is 18.6. The fraction of sp³-hybridized carbons (Fsp3) is 0.375. The van der Waals surface area contributed by atoms with E-state index >= 15 is 0 Å². The van der Waals surface area contributed by atoms with Gasteiger partial charge in [-0.05, 0) is 68.3 Å². The summed E-state index contributed by atoms with van der Waals surface area (Å²) in [6, 6.07) is 13.5. The van der Waals surface area contributed by atoms with Crippen molar-refractivity contribution in [2.75, 3.05) is 38.2 Å². The third kappa shape index (κ3) is 7.80. The molecule has 9 heteroatoms. The second-order valence-corrected chi connectivity index (χ2v) is 7.37. The monoisotopic (exact) mass is 455 g/mol. The SMILES string of the molecule is CCOc1ccc(OCC(=O)Nc2ccc(C(=O)NCCNC(=O)C3CCCO3)cc2)cc1. The minimum atomic E-state index is -0.380. The number of carbonyl (C=O) groups excluding carboxylic acids is 3. The van der Waals surface area contributed by atoms with Crippen molar-refractivity contribution in [3.8, 4) is 11.5 Å². The highest BCUT2D eigenvalue weighted by atomic mass is 16.5. The fourth-order valence-corrected chi connectivity index (χ4v) is 3.21. The van der Waals surface area contributed by atoms with E-state index in [2.05, 4.69) is 16.0 Å². The van der Waals surface area contributed by atoms with Gasteiger partial charge in [-0.15, -0.1) is 0 Å². The molecule has 2 aromatic carbocycles. The minimum Gasteiger partial charge on any atom is -0.494 e. The number of anilines is 1. The third-order valence-electron chi connectivity index (χ3n) is 4.87. The molecule has 0 bridgehead atoms. The molecular formula is C24H29N3O6. The van der Waals surface area contributed by atoms with Crippen LogP contribution in [-0.4, -0.2) is 56.7 Å². The Hall–Kier alpha value is -3.59. The summed E-state index contributed by atoms with van der Waals surface area (Å²) in [4.78, 5) is 36.2. The number of rotatable bonds is 11. The molecule has 9 nitrogen and oxygen atoms in total. The van der Waals surface area contributed by atoms with Gasteiger partial charge in [-0.2, -0.15) is 0 Å². The van der Waals surface area contributed by atoms with Crippen LogP contribution in [-0.2, 0) is 14.3 Å². The van der Waals surface area contributed by atoms with Crippen LogP contribution >= 0.6 is 0 Å². The minimum absolute atomic E-state index is 0.145. The highest BCUT2D eigenvalue weighted by molar-refractivity contribution is 5.96. The maximum absolute atomic E-state index is 12.2. The van der Waals surface area contributed by atoms with Crippen molar-refractivity contribution in [3.05, 3.63) is 54.1 Å². The number of hydrogen-bond acceptors (Lipinski definition) is 6. The van der Waals surface area contributed by atoms with Crippen molar-refractivity contribution in [1.29, 1.82) is 0 Å². The van der Waals surface area contributed by atoms with Gasteiger partial charge in [0, 0.05) is 30.9 Å². The molecule has 1 aliphatic heterocycles. The molecule has 176 valence electrons. The van der Waals surface area contributed by atoms with Crippen molar-refractivity contribution < 1.29 is 28.6 Å². The van der Waals surface area contributed by atoms with E-state index in [-0.39, 0.29) is 30.4 Å². The van der Waals surface area contributed by atoms with Crippen LogP contribution in [0.2, 0.25) is 0 Å². The molecule has 2 aromatic rings. The Balaban J connectivity index is 1.35. The Bertz CT molecular complexity index is 924. The lowest BCUT2D eigenvalue weighted by atomic mass is 10.2. The molecule has 3 rings (SSSR count). The summed E-state index contributed by atoms with van der Waals surface area (Å²) in [6.45, 7) is 3.58. The zero-order chi connectivity index (χ0) is 23.5. The molecule has 33 heavy (non-hydrogen) atoms. The van der Waals surface area contributed by atoms with Gasteiger partial charge in [0.05, 0.1) is 6.61 Å². The van der Waals surface area contributed by atoms with Gasteiger partial charge in [-0.25, -0.2) is 0 Å². The normalized spacial score (nSPS) is 14.9. The number of hydrogen-bond donors (Lipinski definition) is 3. The lowest BCUT2D eigenvalue weighted by molar-refractivity contribution is -0.130. The van der Waals surface area contributed by atoms with Crippen LogP contribution in [0, 0.1) is 0 Å². The largest absolute Gasteiger partial charge is 0.494 e. The highest BCUT2D eigenvalue weighted by Crippen LogP contribution is 2.17. The molecule has 1 unspecified atom stereocenters. The second-order valence-electron chi connectivity index (χ2n) is 7.37. The zero-order valence-electron chi connectivity index (χ0n) is 18.6. The van der Waals surface area contributed by atoms with E-state index in [4.69, 9.17) is 14.2 Å². The summed E-state index contributed by atoms with van der Waals surface area (Å²) in [5.41, 5.74) is 1.000. The quantitative estimate of drug-likeness (QED) is 0.447. The molecule has 1 heterocycles. The van der Waals surface area contributed by atoms with Gasteiger partial charge >= 0.3 is 0 Å². The second kappa shape index (κ2) is 12.4. The van der Waals surface area contributed by atoms with E-state index < -0.39 is 0 Å². The molecule has 1 fully saturated rings. The number of nitrogens with one attached hydrogen (secondary N) is 3. The molecule has 0 spiro atoms. The first-order chi connectivity index (χ1) is 16.0. The first-order valence-electron chi connectivity index (χ1n) is 11.0. The van der Waals surface area contributed by atoms with Crippen LogP contribution < -0.4 is 25.4 Å². The van der Waals surface area contributed by atoms with Crippen molar-refractivity contribution in [3.63, 3.8) is 0 Å². The molecule has 3 N–H and O–H groups in total. The van der Waals surface area contributed by atoms with Gasteiger partial charge in [-0.3, -0.25) is 14.4 Å². The van der Waals surface area contributed by atoms with Crippen LogP contribution in [0.1, 0.15) is 30.1 Å². The van der Waals surface area contributed by atoms with E-state index in [1.165, 1.54) is 0 Å². The van der Waals surface area contributed by atoms with E-state index in [9.17, 15) is 14.4 Å². The summed E-state index contributed by atoms with van der Waals surface area (Å²) >= 11 is 0. The molecule has 1 atom stereocenters. The summed E-state index contributed by atoms with van der Waals surface area (Å²) in [7, 11) is 0. The van der Waals surface area contributed by atoms with Crippen LogP contribution in [0.15, 0.2) is 48.5 Å². The molecule has 0 saturated carbocycles. The summed E-state index contributed by atoms with van der Waals surface area (Å²) < 4.78 is 16.1. The third-order valence-corrected chi connectivity index (χ3v) is 4.87. The Morgan fingerprint density at radius 2 is 1.61 bits per heavy atom. The Morgan fingerprint density at radius 1 is 0.939 bits per heavy atom. The summed E-state index contributed by atoms with van der Waals surface area (Å²) in [5.74, 6) is 0.573. The molecule has 0 aliphatic carbocycles. The molecule has 3 amide bonds. The fourth-order valence-electron chi connectivity index (χ4n) is 3.21. The van der Waals surface area contributed by atoms with Crippen LogP contribution in [0.25, 0.3) is 0 Å². The van der Waals surface area contributed by atoms with Gasteiger partial charge in [0.25, 0.3) is 11.8 Å². The molecule has 0 radical (unpaired) electrons. The van der Waals surface area contributed by atoms with Crippen molar-refractivity contribution in [1.82, 2.24) is 10.6 Å². The maximum atomic E-state index is 12.2. The number of benzene rings is 2. The van der Waals surface area contributed by atoms with Crippen LogP contribution in [0.3, 0.4) is 0 Å². The van der Waals surface area contributed by atoms with Crippen molar-refractivity contribution in [2.45, 2.75) is 25.9 Å². The van der Waals surface area contributed by atoms with E-state index in [0.717, 1.165) is 18.6 Å². The van der Waals surface area contributed by atoms with E-state index in [0.29, 0.717) is 43.3 Å². The van der Waals surface area contributed by atoms with Gasteiger partial charge in [0.2, 0.25) is 5.91 Å². The van der Waals surface area contributed by atoms with Crippen molar-refractivity contribution >= 4 is 23.4 Å². The van der Waals surface area contributed by atoms with Gasteiger partial charge in [-0.1, -0.05) is 0 Å². The standard InChI is InChI=1S/C24H29N3O6/c1-2-31-19-9-11-20(12-10-19)33-16-22(28)27-18-7-5-17(6-8-18)23(29)25-13-14-26-24(30)21-4-3-15-32-21/h5-12,21H,2-4,13-16H2,1H3,(H,25,29)(H,26,30)(H,27,28). The van der Waals surface area contributed by atoms with E-state index in [1.807, 2.05) is 6.92 Å². The van der Waals surface area contributed by atoms with Crippen molar-refractivity contribution in [2.24, 2.45) is 0 Å². The molecule has 1 saturated heterocycles. The van der Waals surface area contributed by atoms with E-state index in [1.54, 1.807) is 48.5 Å². The first kappa shape index (κ1) is 24.1. The maximum Gasteiger partial charge on any atom is 0.262 e. The Labute approximate surface area is 192 Å². The predicted molar refractivity (Wildman–Crippen MR) is 122 cm³/mol.